The number of hydrogen-bond donors (Lipinski definition) is 2. The Morgan fingerprint density at radius 2 is 2.24 bits per heavy atom. The first kappa shape index (κ1) is 22.9. The molecule has 0 aliphatic carbocycles. The van der Waals surface area contributed by atoms with E-state index in [0.29, 0.717) is 31.0 Å². The second kappa shape index (κ2) is 9.32. The molecule has 3 N–H and O–H groups in total. The second-order valence-electron chi connectivity index (χ2n) is 7.67. The Morgan fingerprint density at radius 1 is 1.44 bits per heavy atom. The Morgan fingerprint density at radius 3 is 2.91 bits per heavy atom. The minimum absolute atomic E-state index is 0.0697. The van der Waals surface area contributed by atoms with E-state index < -0.39 is 11.7 Å². The fourth-order valence-corrected chi connectivity index (χ4v) is 4.12. The van der Waals surface area contributed by atoms with Crippen molar-refractivity contribution in [1.82, 2.24) is 29.3 Å². The summed E-state index contributed by atoms with van der Waals surface area (Å²) < 4.78 is 22.6. The van der Waals surface area contributed by atoms with Gasteiger partial charge in [0.15, 0.2) is 17.2 Å². The number of halogens is 1. The number of aromatic nitrogens is 5. The van der Waals surface area contributed by atoms with Crippen LogP contribution in [-0.4, -0.2) is 74.4 Å². The summed E-state index contributed by atoms with van der Waals surface area (Å²) in [6, 6.07) is 0.981. The van der Waals surface area contributed by atoms with E-state index in [-0.39, 0.29) is 34.8 Å². The highest BCUT2D eigenvalue weighted by Gasteiger charge is 2.37. The maximum absolute atomic E-state index is 14.4. The predicted molar refractivity (Wildman–Crippen MR) is 120 cm³/mol. The van der Waals surface area contributed by atoms with Gasteiger partial charge in [0.2, 0.25) is 5.91 Å². The van der Waals surface area contributed by atoms with Crippen LogP contribution in [0.2, 0.25) is 0 Å². The molecular formula is C22H23FN8O3. The molecule has 0 unspecified atom stereocenters. The third-order valence-electron chi connectivity index (χ3n) is 5.63. The van der Waals surface area contributed by atoms with Crippen LogP contribution in [0, 0.1) is 17.7 Å². The highest BCUT2D eigenvalue weighted by Crippen LogP contribution is 2.32. The first-order valence-corrected chi connectivity index (χ1v) is 10.4. The van der Waals surface area contributed by atoms with Gasteiger partial charge in [-0.15, -0.1) is 0 Å². The summed E-state index contributed by atoms with van der Waals surface area (Å²) in [4.78, 5) is 30.3. The van der Waals surface area contributed by atoms with Gasteiger partial charge >= 0.3 is 0 Å². The third-order valence-corrected chi connectivity index (χ3v) is 5.63. The largest absolute Gasteiger partial charge is 0.383 e. The Kier molecular flexibility index (Phi) is 6.29. The van der Waals surface area contributed by atoms with Crippen molar-refractivity contribution in [3.63, 3.8) is 0 Å². The first-order chi connectivity index (χ1) is 16.4. The van der Waals surface area contributed by atoms with Crippen LogP contribution >= 0.6 is 0 Å². The Bertz CT molecular complexity index is 1340. The number of carbonyl (C=O) groups excluding carboxylic acids is 2. The van der Waals surface area contributed by atoms with E-state index >= 15 is 0 Å². The fraction of sp³-hybridized carbons (Fsp3) is 0.318. The van der Waals surface area contributed by atoms with Crippen molar-refractivity contribution in [3.8, 4) is 11.8 Å². The van der Waals surface area contributed by atoms with E-state index in [9.17, 15) is 14.0 Å². The molecule has 12 heteroatoms. The quantitative estimate of drug-likeness (QED) is 0.401. The molecule has 34 heavy (non-hydrogen) atoms. The third kappa shape index (κ3) is 4.08. The molecule has 0 bridgehead atoms. The number of methoxy groups -OCH3 is 1. The van der Waals surface area contributed by atoms with Crippen molar-refractivity contribution in [2.24, 2.45) is 5.73 Å². The smallest absolute Gasteiger partial charge is 0.255 e. The number of rotatable bonds is 6. The molecule has 0 saturated carbocycles. The zero-order valence-electron chi connectivity index (χ0n) is 18.7. The lowest BCUT2D eigenvalue weighted by Crippen LogP contribution is -2.37. The highest BCUT2D eigenvalue weighted by atomic mass is 19.1. The summed E-state index contributed by atoms with van der Waals surface area (Å²) in [6.45, 7) is 4.23. The molecule has 4 rings (SSSR count). The molecule has 1 saturated heterocycles. The van der Waals surface area contributed by atoms with E-state index in [1.165, 1.54) is 29.2 Å². The van der Waals surface area contributed by atoms with Gasteiger partial charge in [0.05, 0.1) is 30.5 Å². The Hall–Kier alpha value is -4.24. The van der Waals surface area contributed by atoms with Gasteiger partial charge in [-0.05, 0) is 18.4 Å². The van der Waals surface area contributed by atoms with E-state index in [1.807, 2.05) is 0 Å². The summed E-state index contributed by atoms with van der Waals surface area (Å²) in [5.74, 6) is 4.28. The molecule has 11 nitrogen and oxygen atoms in total. The number of likely N-dealkylation sites (tertiary alicyclic amines) is 1. The number of nitrogens with one attached hydrogen (secondary N) is 1. The standard InChI is InChI=1S/C22H23FN8O3/c1-4-19(32)29-9-14(8-15(29)11-34-3)31-22(25-2)20(21(24)33)17(28-31)6-5-13-7-18-26-12-27-30(18)10-16(13)23/h4,7,10,12,14-15,25H,1,8-9,11H2,2-3H3,(H2,24,33)/t14-,15+/m0/s1. The van der Waals surface area contributed by atoms with Crippen LogP contribution in [0.15, 0.2) is 31.2 Å². The summed E-state index contributed by atoms with van der Waals surface area (Å²) in [7, 11) is 3.19. The lowest BCUT2D eigenvalue weighted by molar-refractivity contribution is -0.127. The van der Waals surface area contributed by atoms with Crippen molar-refractivity contribution in [2.75, 3.05) is 32.6 Å². The zero-order valence-corrected chi connectivity index (χ0v) is 18.7. The van der Waals surface area contributed by atoms with Crippen LogP contribution < -0.4 is 11.1 Å². The van der Waals surface area contributed by atoms with Gasteiger partial charge in [-0.2, -0.15) is 10.2 Å². The number of amides is 2. The maximum Gasteiger partial charge on any atom is 0.255 e. The molecule has 3 aromatic rings. The monoisotopic (exact) mass is 466 g/mol. The minimum Gasteiger partial charge on any atom is -0.383 e. The molecule has 176 valence electrons. The van der Waals surface area contributed by atoms with Gasteiger partial charge in [0, 0.05) is 26.8 Å². The number of ether oxygens (including phenoxy) is 1. The number of nitrogens with two attached hydrogens (primary N) is 1. The topological polar surface area (TPSA) is 133 Å². The van der Waals surface area contributed by atoms with Crippen LogP contribution in [0.3, 0.4) is 0 Å². The predicted octanol–water partition coefficient (Wildman–Crippen LogP) is 0.580. The van der Waals surface area contributed by atoms with Crippen molar-refractivity contribution >= 4 is 23.3 Å². The first-order valence-electron chi connectivity index (χ1n) is 10.4. The number of anilines is 1. The van der Waals surface area contributed by atoms with Gasteiger partial charge in [-0.25, -0.2) is 18.6 Å². The molecule has 0 radical (unpaired) electrons. The van der Waals surface area contributed by atoms with Crippen molar-refractivity contribution in [2.45, 2.75) is 18.5 Å². The van der Waals surface area contributed by atoms with Gasteiger partial charge < -0.3 is 20.7 Å². The van der Waals surface area contributed by atoms with Crippen LogP contribution in [0.1, 0.15) is 34.1 Å². The lowest BCUT2D eigenvalue weighted by Gasteiger charge is -2.22. The number of primary amides is 1. The molecule has 2 atom stereocenters. The van der Waals surface area contributed by atoms with E-state index in [4.69, 9.17) is 10.5 Å². The molecule has 4 heterocycles. The van der Waals surface area contributed by atoms with Crippen LogP contribution in [-0.2, 0) is 9.53 Å². The van der Waals surface area contributed by atoms with Crippen LogP contribution in [0.25, 0.3) is 5.65 Å². The average Bonchev–Trinajstić information content (AvgIpc) is 3.53. The van der Waals surface area contributed by atoms with E-state index in [1.54, 1.807) is 23.7 Å². The summed E-state index contributed by atoms with van der Waals surface area (Å²) in [5, 5.41) is 11.4. The molecular weight excluding hydrogens is 443 g/mol. The summed E-state index contributed by atoms with van der Waals surface area (Å²) in [6.07, 6.45) is 4.25. The van der Waals surface area contributed by atoms with Crippen LogP contribution in [0.4, 0.5) is 10.2 Å². The van der Waals surface area contributed by atoms with E-state index in [2.05, 4.69) is 38.9 Å². The van der Waals surface area contributed by atoms with Gasteiger partial charge in [0.1, 0.15) is 17.7 Å². The van der Waals surface area contributed by atoms with Gasteiger partial charge in [-0.3, -0.25) is 9.59 Å². The van der Waals surface area contributed by atoms with Gasteiger partial charge in [0.25, 0.3) is 5.91 Å². The number of carbonyl (C=O) groups is 2. The molecule has 0 aromatic carbocycles. The van der Waals surface area contributed by atoms with Crippen molar-refractivity contribution in [1.29, 1.82) is 0 Å². The number of pyridine rings is 1. The number of hydrogen-bond acceptors (Lipinski definition) is 7. The summed E-state index contributed by atoms with van der Waals surface area (Å²) >= 11 is 0. The highest BCUT2D eigenvalue weighted by molar-refractivity contribution is 6.00. The Balaban J connectivity index is 1.75. The molecule has 1 aliphatic rings. The molecule has 2 amide bonds. The Labute approximate surface area is 194 Å². The number of nitrogens with zero attached hydrogens (tertiary/aromatic N) is 6. The second-order valence-corrected chi connectivity index (χ2v) is 7.67. The minimum atomic E-state index is -0.737. The SMILES string of the molecule is C=CC(=O)N1C[C@@H](n2nc(C#Cc3cc4ncnn4cc3F)c(C(N)=O)c2NC)C[C@@H]1COC. The molecule has 1 aliphatic heterocycles. The van der Waals surface area contributed by atoms with Crippen LogP contribution in [0.5, 0.6) is 0 Å². The maximum atomic E-state index is 14.4. The van der Waals surface area contributed by atoms with Crippen molar-refractivity contribution in [3.05, 3.63) is 53.9 Å². The summed E-state index contributed by atoms with van der Waals surface area (Å²) in [5.41, 5.74) is 6.30. The van der Waals surface area contributed by atoms with Crippen molar-refractivity contribution < 1.29 is 18.7 Å². The lowest BCUT2D eigenvalue weighted by atomic mass is 10.1. The van der Waals surface area contributed by atoms with E-state index in [0.717, 1.165) is 0 Å². The normalized spacial score (nSPS) is 17.4. The zero-order chi connectivity index (χ0) is 24.4. The number of fused-ring (bicyclic) bond motifs is 1. The van der Waals surface area contributed by atoms with Gasteiger partial charge in [-0.1, -0.05) is 12.5 Å². The molecule has 1 fully saturated rings. The fourth-order valence-electron chi connectivity index (χ4n) is 4.12. The molecule has 3 aromatic heterocycles. The average molecular weight is 466 g/mol. The molecule has 0 spiro atoms.